The molecule has 4 aliphatic rings. The molecule has 24 heavy (non-hydrogen) atoms. The first-order valence-corrected chi connectivity index (χ1v) is 9.32. The molecular formula is C17H27N7. The highest BCUT2D eigenvalue weighted by atomic mass is 15.4. The van der Waals surface area contributed by atoms with Gasteiger partial charge in [-0.25, -0.2) is 5.43 Å². The van der Waals surface area contributed by atoms with Crippen molar-refractivity contribution in [1.82, 2.24) is 15.0 Å². The van der Waals surface area contributed by atoms with E-state index in [-0.39, 0.29) is 0 Å². The summed E-state index contributed by atoms with van der Waals surface area (Å²) in [6.07, 6.45) is 6.78. The molecule has 0 radical (unpaired) electrons. The Balaban J connectivity index is 1.52. The van der Waals surface area contributed by atoms with Gasteiger partial charge in [-0.15, -0.1) is 0 Å². The van der Waals surface area contributed by atoms with Crippen molar-refractivity contribution in [3.63, 3.8) is 0 Å². The normalized spacial score (nSPS) is 30.3. The third kappa shape index (κ3) is 3.03. The minimum absolute atomic E-state index is 0.512. The van der Waals surface area contributed by atoms with Crippen molar-refractivity contribution in [3.05, 3.63) is 0 Å². The van der Waals surface area contributed by atoms with Crippen molar-refractivity contribution in [1.29, 1.82) is 0 Å². The largest absolute Gasteiger partial charge is 0.354 e. The second kappa shape index (κ2) is 6.53. The fourth-order valence-corrected chi connectivity index (χ4v) is 4.86. The molecule has 0 aromatic carbocycles. The lowest BCUT2D eigenvalue weighted by atomic mass is 9.55. The summed E-state index contributed by atoms with van der Waals surface area (Å²) in [6.45, 7) is 5.60. The molecule has 0 aliphatic heterocycles. The van der Waals surface area contributed by atoms with Crippen LogP contribution in [-0.4, -0.2) is 33.8 Å². The van der Waals surface area contributed by atoms with E-state index in [9.17, 15) is 0 Å². The molecule has 0 saturated heterocycles. The summed E-state index contributed by atoms with van der Waals surface area (Å²) in [5.41, 5.74) is 4.47. The molecule has 0 unspecified atom stereocenters. The van der Waals surface area contributed by atoms with Crippen molar-refractivity contribution in [2.24, 2.45) is 28.8 Å². The summed E-state index contributed by atoms with van der Waals surface area (Å²) in [4.78, 5) is 13.2. The molecule has 0 spiro atoms. The number of rotatable bonds is 6. The maximum Gasteiger partial charge on any atom is 0.250 e. The molecule has 1 aromatic rings. The first kappa shape index (κ1) is 15.6. The molecule has 4 fully saturated rings. The van der Waals surface area contributed by atoms with E-state index in [1.54, 1.807) is 0 Å². The Morgan fingerprint density at radius 3 is 1.79 bits per heavy atom. The van der Waals surface area contributed by atoms with Crippen LogP contribution in [0.2, 0.25) is 0 Å². The number of nitrogens with zero attached hydrogens (tertiary/aromatic N) is 4. The van der Waals surface area contributed by atoms with E-state index in [2.05, 4.69) is 31.0 Å². The molecule has 4 aliphatic carbocycles. The number of hydrogen-bond acceptors (Lipinski definition) is 7. The minimum Gasteiger partial charge on any atom is -0.354 e. The van der Waals surface area contributed by atoms with Crippen LogP contribution in [0.3, 0.4) is 0 Å². The van der Waals surface area contributed by atoms with Crippen molar-refractivity contribution >= 4 is 23.6 Å². The second-order valence-corrected chi connectivity index (χ2v) is 7.32. The average molecular weight is 329 g/mol. The zero-order valence-corrected chi connectivity index (χ0v) is 14.5. The molecule has 7 nitrogen and oxygen atoms in total. The molecule has 4 saturated carbocycles. The van der Waals surface area contributed by atoms with Gasteiger partial charge in [-0.1, -0.05) is 0 Å². The van der Waals surface area contributed by atoms with E-state index in [0.29, 0.717) is 29.7 Å². The fraction of sp³-hybridized carbons (Fsp3) is 0.765. The molecule has 4 bridgehead atoms. The third-order valence-electron chi connectivity index (χ3n) is 5.56. The van der Waals surface area contributed by atoms with Gasteiger partial charge in [-0.3, -0.25) is 0 Å². The predicted molar refractivity (Wildman–Crippen MR) is 96.3 cm³/mol. The standard InChI is InChI=1S/C17H27N7/c1-3-18-15-20-16(19-4-2)22-17(21-15)24-23-14-12-6-10-5-11(8-12)9-13(14)7-10/h10-13H,3-9H2,1-2H3,(H3,18,19,20,21,22,24). The van der Waals surface area contributed by atoms with Gasteiger partial charge in [-0.2, -0.15) is 20.1 Å². The fourth-order valence-electron chi connectivity index (χ4n) is 4.86. The molecular weight excluding hydrogens is 302 g/mol. The summed E-state index contributed by atoms with van der Waals surface area (Å²) < 4.78 is 0. The molecule has 1 heterocycles. The molecule has 0 atom stereocenters. The number of hydrogen-bond donors (Lipinski definition) is 3. The Bertz CT molecular complexity index is 573. The van der Waals surface area contributed by atoms with Gasteiger partial charge in [-0.05, 0) is 69.6 Å². The minimum atomic E-state index is 0.512. The molecule has 130 valence electrons. The summed E-state index contributed by atoms with van der Waals surface area (Å²) >= 11 is 0. The van der Waals surface area contributed by atoms with Crippen LogP contribution in [0.5, 0.6) is 0 Å². The zero-order valence-electron chi connectivity index (χ0n) is 14.5. The Labute approximate surface area is 143 Å². The van der Waals surface area contributed by atoms with E-state index in [4.69, 9.17) is 5.10 Å². The monoisotopic (exact) mass is 329 g/mol. The Hall–Kier alpha value is -1.92. The SMILES string of the molecule is CCNc1nc(NCC)nc(NN=C2C3CC4CC(C3)CC2C4)n1. The van der Waals surface area contributed by atoms with Crippen LogP contribution in [0.15, 0.2) is 5.10 Å². The number of anilines is 3. The molecule has 7 heteroatoms. The van der Waals surface area contributed by atoms with Gasteiger partial charge in [0.15, 0.2) is 0 Å². The van der Waals surface area contributed by atoms with Gasteiger partial charge in [0.1, 0.15) is 0 Å². The topological polar surface area (TPSA) is 87.1 Å². The number of aromatic nitrogens is 3. The Morgan fingerprint density at radius 1 is 0.792 bits per heavy atom. The summed E-state index contributed by atoms with van der Waals surface area (Å²) in [7, 11) is 0. The van der Waals surface area contributed by atoms with Gasteiger partial charge in [0.05, 0.1) is 0 Å². The predicted octanol–water partition coefficient (Wildman–Crippen LogP) is 2.96. The Morgan fingerprint density at radius 2 is 1.29 bits per heavy atom. The van der Waals surface area contributed by atoms with Crippen LogP contribution in [0.1, 0.15) is 46.0 Å². The highest BCUT2D eigenvalue weighted by Gasteiger charge is 2.46. The lowest BCUT2D eigenvalue weighted by Gasteiger charge is -2.50. The number of hydrazone groups is 1. The maximum atomic E-state index is 4.75. The second-order valence-electron chi connectivity index (χ2n) is 7.32. The lowest BCUT2D eigenvalue weighted by Crippen LogP contribution is -2.45. The van der Waals surface area contributed by atoms with Crippen LogP contribution < -0.4 is 16.1 Å². The van der Waals surface area contributed by atoms with Crippen molar-refractivity contribution in [2.45, 2.75) is 46.0 Å². The molecule has 1 aromatic heterocycles. The van der Waals surface area contributed by atoms with Gasteiger partial charge < -0.3 is 10.6 Å². The summed E-state index contributed by atoms with van der Waals surface area (Å²) in [6, 6.07) is 0. The maximum absolute atomic E-state index is 4.75. The Kier molecular flexibility index (Phi) is 4.24. The van der Waals surface area contributed by atoms with Crippen LogP contribution in [-0.2, 0) is 0 Å². The van der Waals surface area contributed by atoms with E-state index in [1.165, 1.54) is 37.8 Å². The van der Waals surface area contributed by atoms with E-state index >= 15 is 0 Å². The van der Waals surface area contributed by atoms with E-state index in [0.717, 1.165) is 24.9 Å². The first-order chi connectivity index (χ1) is 11.7. The van der Waals surface area contributed by atoms with Gasteiger partial charge in [0.25, 0.3) is 0 Å². The van der Waals surface area contributed by atoms with Crippen molar-refractivity contribution in [2.75, 3.05) is 29.1 Å². The van der Waals surface area contributed by atoms with Crippen LogP contribution in [0, 0.1) is 23.7 Å². The van der Waals surface area contributed by atoms with Gasteiger partial charge in [0, 0.05) is 18.8 Å². The van der Waals surface area contributed by atoms with Crippen molar-refractivity contribution in [3.8, 4) is 0 Å². The lowest BCUT2D eigenvalue weighted by molar-refractivity contribution is 0.108. The highest BCUT2D eigenvalue weighted by molar-refractivity contribution is 5.91. The molecule has 0 amide bonds. The van der Waals surface area contributed by atoms with Crippen LogP contribution in [0.25, 0.3) is 0 Å². The third-order valence-corrected chi connectivity index (χ3v) is 5.56. The van der Waals surface area contributed by atoms with Crippen LogP contribution in [0.4, 0.5) is 17.8 Å². The average Bonchev–Trinajstić information content (AvgIpc) is 2.54. The quantitative estimate of drug-likeness (QED) is 0.696. The summed E-state index contributed by atoms with van der Waals surface area (Å²) in [5, 5.41) is 11.0. The van der Waals surface area contributed by atoms with Gasteiger partial charge >= 0.3 is 0 Å². The first-order valence-electron chi connectivity index (χ1n) is 9.32. The van der Waals surface area contributed by atoms with Gasteiger partial charge in [0.2, 0.25) is 17.8 Å². The summed E-state index contributed by atoms with van der Waals surface area (Å²) in [5.74, 6) is 4.92. The smallest absolute Gasteiger partial charge is 0.250 e. The molecule has 5 rings (SSSR count). The van der Waals surface area contributed by atoms with E-state index < -0.39 is 0 Å². The van der Waals surface area contributed by atoms with Crippen molar-refractivity contribution < 1.29 is 0 Å². The van der Waals surface area contributed by atoms with E-state index in [1.807, 2.05) is 13.8 Å². The van der Waals surface area contributed by atoms with Crippen LogP contribution >= 0.6 is 0 Å². The molecule has 3 N–H and O–H groups in total. The number of nitrogens with one attached hydrogen (secondary N) is 3. The highest BCUT2D eigenvalue weighted by Crippen LogP contribution is 2.52. The zero-order chi connectivity index (χ0) is 16.5.